The number of carbonyl (C=O) groups is 2. The molecule has 2 heterocycles. The fourth-order valence-corrected chi connectivity index (χ4v) is 5.71. The summed E-state index contributed by atoms with van der Waals surface area (Å²) in [6.07, 6.45) is 0. The predicted octanol–water partition coefficient (Wildman–Crippen LogP) is 4.48. The Morgan fingerprint density at radius 2 is 1.74 bits per heavy atom. The number of thioether (sulfide) groups is 1. The van der Waals surface area contributed by atoms with Crippen LogP contribution >= 0.6 is 23.1 Å². The minimum atomic E-state index is -0.910. The summed E-state index contributed by atoms with van der Waals surface area (Å²) < 4.78 is 1.61. The molecule has 1 atom stereocenters. The van der Waals surface area contributed by atoms with Crippen LogP contribution < -0.4 is 16.6 Å². The molecule has 9 heteroatoms. The number of hydrogen-bond donors (Lipinski definition) is 2. The van der Waals surface area contributed by atoms with Crippen molar-refractivity contribution in [3.8, 4) is 11.1 Å². The van der Waals surface area contributed by atoms with Crippen molar-refractivity contribution in [2.45, 2.75) is 30.8 Å². The largest absolute Gasteiger partial charge is 0.351 e. The minimum absolute atomic E-state index is 0.134. The maximum atomic E-state index is 13.8. The molecule has 0 aliphatic carbocycles. The molecule has 34 heavy (non-hydrogen) atoms. The van der Waals surface area contributed by atoms with E-state index < -0.39 is 17.2 Å². The van der Waals surface area contributed by atoms with Crippen LogP contribution in [0, 0.1) is 5.92 Å². The fourth-order valence-electron chi connectivity index (χ4n) is 3.63. The number of fused-ring (bicyclic) bond motifs is 1. The Hall–Kier alpha value is -3.43. The predicted molar refractivity (Wildman–Crippen MR) is 137 cm³/mol. The molecule has 1 unspecified atom stereocenters. The number of rotatable bonds is 7. The van der Waals surface area contributed by atoms with Gasteiger partial charge in [0, 0.05) is 10.9 Å². The second-order valence-electron chi connectivity index (χ2n) is 8.10. The highest BCUT2D eigenvalue weighted by Crippen LogP contribution is 2.34. The van der Waals surface area contributed by atoms with Gasteiger partial charge in [-0.05, 0) is 17.0 Å². The first-order valence-corrected chi connectivity index (χ1v) is 12.5. The topological polar surface area (TPSA) is 107 Å². The molecule has 174 valence electrons. The van der Waals surface area contributed by atoms with Crippen LogP contribution in [0.2, 0.25) is 0 Å². The highest BCUT2D eigenvalue weighted by Gasteiger charge is 2.28. The monoisotopic (exact) mass is 492 g/mol. The van der Waals surface area contributed by atoms with Gasteiger partial charge in [-0.1, -0.05) is 86.3 Å². The summed E-state index contributed by atoms with van der Waals surface area (Å²) in [4.78, 5) is 43.2. The van der Waals surface area contributed by atoms with Gasteiger partial charge in [-0.3, -0.25) is 19.5 Å². The average Bonchev–Trinajstić information content (AvgIpc) is 3.24. The van der Waals surface area contributed by atoms with Gasteiger partial charge in [0.1, 0.15) is 4.83 Å². The van der Waals surface area contributed by atoms with Crippen LogP contribution in [0.15, 0.2) is 76.0 Å². The zero-order valence-electron chi connectivity index (χ0n) is 18.7. The van der Waals surface area contributed by atoms with Gasteiger partial charge in [0.2, 0.25) is 5.91 Å². The Morgan fingerprint density at radius 1 is 1.09 bits per heavy atom. The number of benzene rings is 2. The van der Waals surface area contributed by atoms with Crippen molar-refractivity contribution < 1.29 is 9.59 Å². The molecule has 0 saturated carbocycles. The van der Waals surface area contributed by atoms with E-state index in [0.717, 1.165) is 16.7 Å². The Labute approximate surface area is 205 Å². The van der Waals surface area contributed by atoms with Gasteiger partial charge in [-0.15, -0.1) is 11.3 Å². The third-order valence-electron chi connectivity index (χ3n) is 5.27. The summed E-state index contributed by atoms with van der Waals surface area (Å²) >= 11 is 2.56. The number of aromatic nitrogens is 2. The third-order valence-corrected chi connectivity index (χ3v) is 7.68. The summed E-state index contributed by atoms with van der Waals surface area (Å²) in [5, 5.41) is 4.41. The number of nitrogens with two attached hydrogens (primary N) is 1. The summed E-state index contributed by atoms with van der Waals surface area (Å²) in [6, 6.07) is 18.4. The highest BCUT2D eigenvalue weighted by molar-refractivity contribution is 8.00. The van der Waals surface area contributed by atoms with Gasteiger partial charge in [-0.25, -0.2) is 9.78 Å². The normalized spacial score (nSPS) is 12.1. The number of imide groups is 1. The average molecular weight is 493 g/mol. The molecule has 0 radical (unpaired) electrons. The Balaban J connectivity index is 1.86. The number of thiophene rings is 1. The number of nitrogens with one attached hydrogen (secondary N) is 1. The second kappa shape index (κ2) is 10.2. The van der Waals surface area contributed by atoms with Crippen molar-refractivity contribution in [1.29, 1.82) is 0 Å². The van der Waals surface area contributed by atoms with Gasteiger partial charge in [-0.2, -0.15) is 0 Å². The van der Waals surface area contributed by atoms with Gasteiger partial charge in [0.15, 0.2) is 5.16 Å². The van der Waals surface area contributed by atoms with E-state index in [0.29, 0.717) is 21.9 Å². The lowest BCUT2D eigenvalue weighted by Crippen LogP contribution is -2.42. The van der Waals surface area contributed by atoms with Crippen molar-refractivity contribution >= 4 is 45.3 Å². The van der Waals surface area contributed by atoms with E-state index >= 15 is 0 Å². The van der Waals surface area contributed by atoms with E-state index in [1.165, 1.54) is 23.1 Å². The van der Waals surface area contributed by atoms with Crippen molar-refractivity contribution in [3.63, 3.8) is 0 Å². The molecule has 0 aliphatic rings. The van der Waals surface area contributed by atoms with Crippen LogP contribution in [0.3, 0.4) is 0 Å². The molecule has 2 aromatic carbocycles. The first kappa shape index (κ1) is 23.7. The van der Waals surface area contributed by atoms with Crippen molar-refractivity contribution in [2.24, 2.45) is 11.7 Å². The van der Waals surface area contributed by atoms with E-state index in [-0.39, 0.29) is 11.5 Å². The van der Waals surface area contributed by atoms with Crippen LogP contribution in [-0.2, 0) is 11.3 Å². The molecule has 7 nitrogen and oxygen atoms in total. The smallest absolute Gasteiger partial charge is 0.318 e. The number of primary amides is 1. The Bertz CT molecular complexity index is 1380. The van der Waals surface area contributed by atoms with Crippen molar-refractivity contribution in [2.75, 3.05) is 0 Å². The molecule has 4 aromatic rings. The number of hydrogen-bond acceptors (Lipinski definition) is 6. The zero-order chi connectivity index (χ0) is 24.2. The lowest BCUT2D eigenvalue weighted by atomic mass is 10.1. The van der Waals surface area contributed by atoms with Crippen molar-refractivity contribution in [3.05, 3.63) is 82.0 Å². The van der Waals surface area contributed by atoms with Gasteiger partial charge >= 0.3 is 6.03 Å². The first-order valence-electron chi connectivity index (χ1n) is 10.7. The third kappa shape index (κ3) is 5.05. The Kier molecular flexibility index (Phi) is 7.14. The molecule has 0 bridgehead atoms. The summed E-state index contributed by atoms with van der Waals surface area (Å²) in [5.41, 5.74) is 7.71. The summed E-state index contributed by atoms with van der Waals surface area (Å²) in [7, 11) is 0. The molecule has 3 amide bonds. The SMILES string of the molecule is CC(C)C(Sc1nc2scc(-c3ccccc3)c2c(=O)n1Cc1ccccc1)C(=O)NC(N)=O. The maximum absolute atomic E-state index is 13.8. The molecule has 4 rings (SSSR count). The second-order valence-corrected chi connectivity index (χ2v) is 10.1. The molecule has 0 spiro atoms. The van der Waals surface area contributed by atoms with Crippen LogP contribution in [0.25, 0.3) is 21.3 Å². The molecular formula is C25H24N4O3S2. The maximum Gasteiger partial charge on any atom is 0.318 e. The molecule has 3 N–H and O–H groups in total. The summed E-state index contributed by atoms with van der Waals surface area (Å²) in [6.45, 7) is 4.04. The highest BCUT2D eigenvalue weighted by atomic mass is 32.2. The molecular weight excluding hydrogens is 468 g/mol. The fraction of sp³-hybridized carbons (Fsp3) is 0.200. The van der Waals surface area contributed by atoms with Crippen LogP contribution in [0.1, 0.15) is 19.4 Å². The lowest BCUT2D eigenvalue weighted by molar-refractivity contribution is -0.120. The van der Waals surface area contributed by atoms with Gasteiger partial charge < -0.3 is 5.73 Å². The Morgan fingerprint density at radius 3 is 2.35 bits per heavy atom. The van der Waals surface area contributed by atoms with Crippen LogP contribution in [0.4, 0.5) is 4.79 Å². The van der Waals surface area contributed by atoms with Gasteiger partial charge in [0.05, 0.1) is 17.2 Å². The van der Waals surface area contributed by atoms with Gasteiger partial charge in [0.25, 0.3) is 5.56 Å². The van der Waals surface area contributed by atoms with Crippen LogP contribution in [0.5, 0.6) is 0 Å². The van der Waals surface area contributed by atoms with Crippen LogP contribution in [-0.4, -0.2) is 26.7 Å². The van der Waals surface area contributed by atoms with E-state index in [4.69, 9.17) is 10.7 Å². The standard InChI is InChI=1S/C25H24N4O3S2/c1-15(2)20(21(30)27-24(26)32)34-25-28-22-19(18(14-33-22)17-11-7-4-8-12-17)23(31)29(25)13-16-9-5-3-6-10-16/h3-12,14-15,20H,13H2,1-2H3,(H3,26,27,30,32). The summed E-state index contributed by atoms with van der Waals surface area (Å²) in [5.74, 6) is -0.644. The quantitative estimate of drug-likeness (QED) is 0.292. The van der Waals surface area contributed by atoms with E-state index in [9.17, 15) is 14.4 Å². The van der Waals surface area contributed by atoms with E-state index in [1.807, 2.05) is 79.9 Å². The molecule has 0 aliphatic heterocycles. The number of urea groups is 1. The lowest BCUT2D eigenvalue weighted by Gasteiger charge is -2.20. The molecule has 0 fully saturated rings. The minimum Gasteiger partial charge on any atom is -0.351 e. The number of nitrogens with zero attached hydrogens (tertiary/aromatic N) is 2. The number of amides is 3. The van der Waals surface area contributed by atoms with E-state index in [1.54, 1.807) is 4.57 Å². The van der Waals surface area contributed by atoms with E-state index in [2.05, 4.69) is 5.32 Å². The first-order chi connectivity index (χ1) is 16.3. The van der Waals surface area contributed by atoms with Crippen molar-refractivity contribution in [1.82, 2.24) is 14.9 Å². The molecule has 2 aromatic heterocycles. The molecule has 0 saturated heterocycles. The zero-order valence-corrected chi connectivity index (χ0v) is 20.4. The number of carbonyl (C=O) groups excluding carboxylic acids is 2.